The van der Waals surface area contributed by atoms with Crippen LogP contribution in [-0.2, 0) is 0 Å². The van der Waals surface area contributed by atoms with Crippen LogP contribution in [0.15, 0.2) is 78.3 Å². The number of aromatic amines is 1. The number of H-pyrrole nitrogens is 1. The minimum atomic E-state index is -0.371. The Morgan fingerprint density at radius 1 is 1.09 bits per heavy atom. The molecule has 8 heteroatoms. The van der Waals surface area contributed by atoms with E-state index in [1.165, 1.54) is 40.0 Å². The number of aromatic nitrogens is 4. The number of halogens is 1. The highest BCUT2D eigenvalue weighted by Gasteiger charge is 2.26. The van der Waals surface area contributed by atoms with Crippen LogP contribution < -0.4 is 0 Å². The van der Waals surface area contributed by atoms with Crippen LogP contribution in [0, 0.1) is 5.82 Å². The Balaban J connectivity index is 1.30. The van der Waals surface area contributed by atoms with Crippen molar-refractivity contribution in [2.45, 2.75) is 6.42 Å². The number of nitrogens with zero attached hydrogens (tertiary/aromatic N) is 4. The number of carbonyl (C=O) groups is 1. The second-order valence-corrected chi connectivity index (χ2v) is 9.05. The zero-order valence-electron chi connectivity index (χ0n) is 18.1. The maximum Gasteiger partial charge on any atom is 0.293 e. The Labute approximate surface area is 199 Å². The van der Waals surface area contributed by atoms with Gasteiger partial charge < -0.3 is 9.88 Å². The lowest BCUT2D eigenvalue weighted by atomic mass is 9.99. The summed E-state index contributed by atoms with van der Waals surface area (Å²) in [4.78, 5) is 23.8. The van der Waals surface area contributed by atoms with E-state index in [9.17, 15) is 9.18 Å². The number of rotatable bonds is 4. The van der Waals surface area contributed by atoms with Gasteiger partial charge in [0.2, 0.25) is 5.82 Å². The average Bonchev–Trinajstić information content (AvgIpc) is 3.63. The largest absolute Gasteiger partial charge is 0.361 e. The van der Waals surface area contributed by atoms with E-state index < -0.39 is 0 Å². The van der Waals surface area contributed by atoms with Crippen molar-refractivity contribution in [3.05, 3.63) is 95.5 Å². The Bertz CT molecular complexity index is 1530. The molecule has 0 spiro atoms. The highest BCUT2D eigenvalue weighted by atomic mass is 32.1. The summed E-state index contributed by atoms with van der Waals surface area (Å²) in [6, 6.07) is 18.2. The number of hydrogen-bond acceptors (Lipinski definition) is 4. The Kier molecular flexibility index (Phi) is 5.07. The molecule has 1 amide bonds. The van der Waals surface area contributed by atoms with Gasteiger partial charge in [-0.2, -0.15) is 0 Å². The SMILES string of the molecule is O=C(c1nc(-c2cccs2)n(-c2cccc(F)c2)n1)N1CC=C(c2c[nH]c3ccccc23)CC1. The number of benzene rings is 2. The minimum absolute atomic E-state index is 0.108. The van der Waals surface area contributed by atoms with Crippen molar-refractivity contribution >= 4 is 33.7 Å². The second-order valence-electron chi connectivity index (χ2n) is 8.11. The molecule has 0 saturated heterocycles. The lowest BCUT2D eigenvalue weighted by molar-refractivity contribution is 0.0761. The van der Waals surface area contributed by atoms with E-state index in [0.29, 0.717) is 24.6 Å². The quantitative estimate of drug-likeness (QED) is 0.376. The maximum atomic E-state index is 13.9. The summed E-state index contributed by atoms with van der Waals surface area (Å²) in [5.41, 5.74) is 4.02. The molecule has 1 aliphatic rings. The molecule has 0 radical (unpaired) electrons. The van der Waals surface area contributed by atoms with E-state index in [1.807, 2.05) is 35.8 Å². The molecule has 3 aromatic heterocycles. The summed E-state index contributed by atoms with van der Waals surface area (Å²) in [6.07, 6.45) is 4.88. The van der Waals surface area contributed by atoms with Gasteiger partial charge in [-0.15, -0.1) is 16.4 Å². The maximum absolute atomic E-state index is 13.9. The molecule has 0 saturated carbocycles. The predicted octanol–water partition coefficient (Wildman–Crippen LogP) is 5.55. The van der Waals surface area contributed by atoms with Crippen LogP contribution in [-0.4, -0.2) is 43.6 Å². The molecule has 1 aliphatic heterocycles. The normalized spacial score (nSPS) is 13.9. The Morgan fingerprint density at radius 3 is 2.79 bits per heavy atom. The van der Waals surface area contributed by atoms with Crippen LogP contribution in [0.1, 0.15) is 22.6 Å². The lowest BCUT2D eigenvalue weighted by Crippen LogP contribution is -2.35. The summed E-state index contributed by atoms with van der Waals surface area (Å²) in [5, 5.41) is 7.61. The molecule has 6 nitrogen and oxygen atoms in total. The summed E-state index contributed by atoms with van der Waals surface area (Å²) >= 11 is 1.49. The van der Waals surface area contributed by atoms with Crippen molar-refractivity contribution in [1.82, 2.24) is 24.6 Å². The second kappa shape index (κ2) is 8.39. The highest BCUT2D eigenvalue weighted by Crippen LogP contribution is 2.30. The van der Waals surface area contributed by atoms with Gasteiger partial charge in [-0.1, -0.05) is 36.4 Å². The van der Waals surface area contributed by atoms with Crippen LogP contribution in [0.5, 0.6) is 0 Å². The fourth-order valence-electron chi connectivity index (χ4n) is 4.33. The van der Waals surface area contributed by atoms with Gasteiger partial charge in [0.05, 0.1) is 10.6 Å². The van der Waals surface area contributed by atoms with Crippen LogP contribution >= 0.6 is 11.3 Å². The van der Waals surface area contributed by atoms with Crippen molar-refractivity contribution in [2.75, 3.05) is 13.1 Å². The lowest BCUT2D eigenvalue weighted by Gasteiger charge is -2.25. The predicted molar refractivity (Wildman–Crippen MR) is 131 cm³/mol. The summed E-state index contributed by atoms with van der Waals surface area (Å²) in [7, 11) is 0. The van der Waals surface area contributed by atoms with Crippen LogP contribution in [0.3, 0.4) is 0 Å². The molecule has 0 atom stereocenters. The fraction of sp³-hybridized carbons (Fsp3) is 0.115. The van der Waals surface area contributed by atoms with E-state index in [1.54, 1.807) is 21.7 Å². The van der Waals surface area contributed by atoms with E-state index in [-0.39, 0.29) is 17.5 Å². The minimum Gasteiger partial charge on any atom is -0.361 e. The van der Waals surface area contributed by atoms with Crippen molar-refractivity contribution in [3.8, 4) is 16.4 Å². The molecule has 0 fully saturated rings. The molecule has 5 aromatic rings. The number of carbonyl (C=O) groups excluding carboxylic acids is 1. The van der Waals surface area contributed by atoms with Gasteiger partial charge in [0.25, 0.3) is 5.91 Å². The zero-order valence-corrected chi connectivity index (χ0v) is 18.9. The standard InChI is InChI=1S/C26H20FN5OS/c27-18-5-3-6-19(15-18)32-25(23-9-4-14-34-23)29-24(30-32)26(33)31-12-10-17(11-13-31)21-16-28-22-8-2-1-7-20(21)22/h1-10,14-16,28H,11-13H2. The van der Waals surface area contributed by atoms with Crippen LogP contribution in [0.4, 0.5) is 4.39 Å². The summed E-state index contributed by atoms with van der Waals surface area (Å²) in [6.45, 7) is 1.06. The third kappa shape index (κ3) is 3.62. The molecular weight excluding hydrogens is 449 g/mol. The smallest absolute Gasteiger partial charge is 0.293 e. The van der Waals surface area contributed by atoms with Crippen molar-refractivity contribution in [1.29, 1.82) is 0 Å². The van der Waals surface area contributed by atoms with E-state index >= 15 is 0 Å². The topological polar surface area (TPSA) is 66.8 Å². The molecular formula is C26H20FN5OS. The molecule has 6 rings (SSSR count). The molecule has 2 aromatic carbocycles. The first kappa shape index (κ1) is 20.6. The Morgan fingerprint density at radius 2 is 2.00 bits per heavy atom. The van der Waals surface area contributed by atoms with Gasteiger partial charge in [-0.3, -0.25) is 4.79 Å². The highest BCUT2D eigenvalue weighted by molar-refractivity contribution is 7.13. The Hall–Kier alpha value is -4.04. The molecule has 4 heterocycles. The molecule has 168 valence electrons. The van der Waals surface area contributed by atoms with E-state index in [0.717, 1.165) is 16.8 Å². The third-order valence-corrected chi connectivity index (χ3v) is 6.89. The molecule has 0 aliphatic carbocycles. The number of para-hydroxylation sites is 1. The first-order valence-corrected chi connectivity index (χ1v) is 11.9. The first-order valence-electron chi connectivity index (χ1n) is 11.0. The van der Waals surface area contributed by atoms with E-state index in [4.69, 9.17) is 0 Å². The average molecular weight is 470 g/mol. The molecule has 0 unspecified atom stereocenters. The third-order valence-electron chi connectivity index (χ3n) is 6.02. The molecule has 0 bridgehead atoms. The fourth-order valence-corrected chi connectivity index (χ4v) is 5.03. The first-order chi connectivity index (χ1) is 16.7. The summed E-state index contributed by atoms with van der Waals surface area (Å²) in [5.74, 6) is 0.0266. The number of hydrogen-bond donors (Lipinski definition) is 1. The van der Waals surface area contributed by atoms with Gasteiger partial charge in [-0.05, 0) is 47.7 Å². The van der Waals surface area contributed by atoms with Crippen molar-refractivity contribution in [2.24, 2.45) is 0 Å². The van der Waals surface area contributed by atoms with Gasteiger partial charge in [-0.25, -0.2) is 14.1 Å². The van der Waals surface area contributed by atoms with E-state index in [2.05, 4.69) is 33.3 Å². The number of nitrogens with one attached hydrogen (secondary N) is 1. The summed E-state index contributed by atoms with van der Waals surface area (Å²) < 4.78 is 15.4. The number of amides is 1. The van der Waals surface area contributed by atoms with Crippen molar-refractivity contribution < 1.29 is 9.18 Å². The van der Waals surface area contributed by atoms with Crippen LogP contribution in [0.2, 0.25) is 0 Å². The van der Waals surface area contributed by atoms with Crippen LogP contribution in [0.25, 0.3) is 32.9 Å². The number of thiophene rings is 1. The van der Waals surface area contributed by atoms with Gasteiger partial charge >= 0.3 is 0 Å². The van der Waals surface area contributed by atoms with Gasteiger partial charge in [0, 0.05) is 35.8 Å². The molecule has 34 heavy (non-hydrogen) atoms. The van der Waals surface area contributed by atoms with Gasteiger partial charge in [0.15, 0.2) is 5.82 Å². The number of fused-ring (bicyclic) bond motifs is 1. The van der Waals surface area contributed by atoms with Crippen molar-refractivity contribution in [3.63, 3.8) is 0 Å². The monoisotopic (exact) mass is 469 g/mol. The molecule has 1 N–H and O–H groups in total. The zero-order chi connectivity index (χ0) is 23.1. The van der Waals surface area contributed by atoms with Gasteiger partial charge in [0.1, 0.15) is 5.82 Å².